The van der Waals surface area contributed by atoms with E-state index in [2.05, 4.69) is 20.6 Å². The minimum atomic E-state index is -2.89. The van der Waals surface area contributed by atoms with Crippen molar-refractivity contribution in [2.24, 2.45) is 0 Å². The van der Waals surface area contributed by atoms with E-state index in [1.54, 1.807) is 19.4 Å². The van der Waals surface area contributed by atoms with Gasteiger partial charge >= 0.3 is 0 Å². The van der Waals surface area contributed by atoms with Crippen molar-refractivity contribution in [3.8, 4) is 0 Å². The smallest absolute Gasteiger partial charge is 0.224 e. The Morgan fingerprint density at radius 1 is 1.53 bits per heavy atom. The Balaban J connectivity index is 1.92. The van der Waals surface area contributed by atoms with Gasteiger partial charge in [-0.1, -0.05) is 0 Å². The molecule has 1 aliphatic heterocycles. The zero-order chi connectivity index (χ0) is 13.7. The number of sulfone groups is 1. The number of nitrogens with zero attached hydrogens (tertiary/aromatic N) is 2. The summed E-state index contributed by atoms with van der Waals surface area (Å²) in [5.74, 6) is 1.52. The summed E-state index contributed by atoms with van der Waals surface area (Å²) in [6.45, 7) is 1.25. The first-order valence-corrected chi connectivity index (χ1v) is 7.94. The second-order valence-electron chi connectivity index (χ2n) is 4.43. The molecule has 0 aromatic carbocycles. The summed E-state index contributed by atoms with van der Waals surface area (Å²) in [6, 6.07) is 1.66. The highest BCUT2D eigenvalue weighted by atomic mass is 32.2. The van der Waals surface area contributed by atoms with Crippen LogP contribution in [0.15, 0.2) is 12.3 Å². The first kappa shape index (κ1) is 14.0. The normalized spacial score (nSPS) is 21.2. The molecule has 1 atom stereocenters. The van der Waals surface area contributed by atoms with E-state index in [1.165, 1.54) is 0 Å². The Morgan fingerprint density at radius 3 is 3.05 bits per heavy atom. The maximum absolute atomic E-state index is 11.4. The molecule has 0 aliphatic carbocycles. The third-order valence-electron chi connectivity index (χ3n) is 2.83. The van der Waals surface area contributed by atoms with Gasteiger partial charge in [0.05, 0.1) is 18.1 Å². The molecular weight excluding hydrogens is 268 g/mol. The van der Waals surface area contributed by atoms with Gasteiger partial charge < -0.3 is 15.4 Å². The second-order valence-corrected chi connectivity index (χ2v) is 6.66. The van der Waals surface area contributed by atoms with Crippen molar-refractivity contribution >= 4 is 21.6 Å². The molecule has 0 amide bonds. The molecule has 0 radical (unpaired) electrons. The third-order valence-corrected chi connectivity index (χ3v) is 4.60. The van der Waals surface area contributed by atoms with Crippen LogP contribution in [-0.2, 0) is 14.6 Å². The monoisotopic (exact) mass is 286 g/mol. The Hall–Kier alpha value is -1.41. The van der Waals surface area contributed by atoms with Gasteiger partial charge in [0.1, 0.15) is 5.82 Å². The van der Waals surface area contributed by atoms with Crippen LogP contribution in [0.4, 0.5) is 11.8 Å². The van der Waals surface area contributed by atoms with E-state index in [0.717, 1.165) is 0 Å². The molecule has 7 nitrogen and oxygen atoms in total. The zero-order valence-electron chi connectivity index (χ0n) is 10.8. The minimum absolute atomic E-state index is 0.0979. The molecule has 1 aromatic heterocycles. The van der Waals surface area contributed by atoms with E-state index < -0.39 is 9.84 Å². The first-order valence-electron chi connectivity index (χ1n) is 6.12. The van der Waals surface area contributed by atoms with Gasteiger partial charge in [-0.15, -0.1) is 0 Å². The number of hydrogen-bond donors (Lipinski definition) is 2. The largest absolute Gasteiger partial charge is 0.383 e. The van der Waals surface area contributed by atoms with Gasteiger partial charge in [-0.25, -0.2) is 13.4 Å². The molecule has 1 unspecified atom stereocenters. The van der Waals surface area contributed by atoms with E-state index in [0.29, 0.717) is 31.3 Å². The van der Waals surface area contributed by atoms with E-state index in [1.807, 2.05) is 0 Å². The predicted octanol–water partition coefficient (Wildman–Crippen LogP) is 0.134. The minimum Gasteiger partial charge on any atom is -0.383 e. The lowest BCUT2D eigenvalue weighted by atomic mass is 10.3. The van der Waals surface area contributed by atoms with Crippen molar-refractivity contribution in [1.82, 2.24) is 9.97 Å². The summed E-state index contributed by atoms with van der Waals surface area (Å²) in [5, 5.41) is 6.15. The molecule has 2 rings (SSSR count). The number of anilines is 2. The van der Waals surface area contributed by atoms with Crippen LogP contribution in [0.3, 0.4) is 0 Å². The second kappa shape index (κ2) is 6.16. The van der Waals surface area contributed by atoms with Crippen LogP contribution in [-0.4, -0.2) is 56.2 Å². The van der Waals surface area contributed by atoms with E-state index in [4.69, 9.17) is 4.74 Å². The van der Waals surface area contributed by atoms with Crippen molar-refractivity contribution in [3.63, 3.8) is 0 Å². The summed E-state index contributed by atoms with van der Waals surface area (Å²) in [6.07, 6.45) is 2.24. The molecule has 2 N–H and O–H groups in total. The lowest BCUT2D eigenvalue weighted by molar-refractivity contribution is 0.210. The number of aromatic nitrogens is 2. The summed E-state index contributed by atoms with van der Waals surface area (Å²) in [7, 11) is -1.26. The van der Waals surface area contributed by atoms with Gasteiger partial charge in [-0.3, -0.25) is 0 Å². The molecule has 19 heavy (non-hydrogen) atoms. The van der Waals surface area contributed by atoms with Crippen LogP contribution in [0, 0.1) is 0 Å². The van der Waals surface area contributed by atoms with Crippen LogP contribution in [0.5, 0.6) is 0 Å². The highest BCUT2D eigenvalue weighted by molar-refractivity contribution is 7.91. The molecule has 0 bridgehead atoms. The van der Waals surface area contributed by atoms with Gasteiger partial charge in [-0.05, 0) is 12.5 Å². The number of ether oxygens (including phenoxy) is 1. The van der Waals surface area contributed by atoms with Crippen molar-refractivity contribution in [2.75, 3.05) is 42.4 Å². The number of nitrogens with one attached hydrogen (secondary N) is 2. The van der Waals surface area contributed by atoms with Crippen molar-refractivity contribution in [2.45, 2.75) is 12.5 Å². The van der Waals surface area contributed by atoms with Crippen molar-refractivity contribution < 1.29 is 13.2 Å². The summed E-state index contributed by atoms with van der Waals surface area (Å²) < 4.78 is 27.7. The number of hydrogen-bond acceptors (Lipinski definition) is 7. The van der Waals surface area contributed by atoms with Crippen LogP contribution < -0.4 is 10.6 Å². The predicted molar refractivity (Wildman–Crippen MR) is 73.1 cm³/mol. The maximum atomic E-state index is 11.4. The Morgan fingerprint density at radius 2 is 2.37 bits per heavy atom. The van der Waals surface area contributed by atoms with Gasteiger partial charge in [0.2, 0.25) is 5.95 Å². The van der Waals surface area contributed by atoms with E-state index in [9.17, 15) is 8.42 Å². The topological polar surface area (TPSA) is 93.2 Å². The lowest BCUT2D eigenvalue weighted by Gasteiger charge is -2.11. The first-order chi connectivity index (χ1) is 9.09. The average Bonchev–Trinajstić information content (AvgIpc) is 2.69. The van der Waals surface area contributed by atoms with Crippen LogP contribution in [0.1, 0.15) is 6.42 Å². The van der Waals surface area contributed by atoms with Crippen LogP contribution in [0.2, 0.25) is 0 Å². The molecule has 8 heteroatoms. The van der Waals surface area contributed by atoms with Gasteiger partial charge in [0, 0.05) is 25.9 Å². The molecule has 1 aliphatic rings. The summed E-state index contributed by atoms with van der Waals surface area (Å²) in [4.78, 5) is 8.36. The SMILES string of the molecule is COCCNc1ccnc(NC2CCS(=O)(=O)C2)n1. The highest BCUT2D eigenvalue weighted by Crippen LogP contribution is 2.15. The quantitative estimate of drug-likeness (QED) is 0.718. The van der Waals surface area contributed by atoms with Gasteiger partial charge in [0.25, 0.3) is 0 Å². The molecule has 1 aromatic rings. The molecule has 1 fully saturated rings. The fourth-order valence-corrected chi connectivity index (χ4v) is 3.57. The van der Waals surface area contributed by atoms with Crippen LogP contribution >= 0.6 is 0 Å². The fourth-order valence-electron chi connectivity index (χ4n) is 1.90. The summed E-state index contributed by atoms with van der Waals surface area (Å²) >= 11 is 0. The fraction of sp³-hybridized carbons (Fsp3) is 0.636. The molecule has 1 saturated heterocycles. The Bertz CT molecular complexity index is 520. The Kier molecular flexibility index (Phi) is 4.54. The van der Waals surface area contributed by atoms with E-state index >= 15 is 0 Å². The molecule has 0 saturated carbocycles. The molecule has 2 heterocycles. The standard InChI is InChI=1S/C11H18N4O3S/c1-18-6-5-12-10-2-4-13-11(15-10)14-9-3-7-19(16,17)8-9/h2,4,9H,3,5-8H2,1H3,(H2,12,13,14,15). The highest BCUT2D eigenvalue weighted by Gasteiger charge is 2.28. The molecule has 106 valence electrons. The molecule has 0 spiro atoms. The van der Waals surface area contributed by atoms with Crippen molar-refractivity contribution in [3.05, 3.63) is 12.3 Å². The van der Waals surface area contributed by atoms with Crippen molar-refractivity contribution in [1.29, 1.82) is 0 Å². The lowest BCUT2D eigenvalue weighted by Crippen LogP contribution is -2.22. The van der Waals surface area contributed by atoms with Crippen LogP contribution in [0.25, 0.3) is 0 Å². The number of methoxy groups -OCH3 is 1. The van der Waals surface area contributed by atoms with E-state index in [-0.39, 0.29) is 17.5 Å². The maximum Gasteiger partial charge on any atom is 0.224 e. The van der Waals surface area contributed by atoms with Gasteiger partial charge in [0.15, 0.2) is 9.84 Å². The number of rotatable bonds is 6. The Labute approximate surface area is 112 Å². The summed E-state index contributed by atoms with van der Waals surface area (Å²) in [5.41, 5.74) is 0. The average molecular weight is 286 g/mol. The zero-order valence-corrected chi connectivity index (χ0v) is 11.6. The third kappa shape index (κ3) is 4.32. The van der Waals surface area contributed by atoms with Gasteiger partial charge in [-0.2, -0.15) is 4.98 Å². The molecular formula is C11H18N4O3S.